The normalized spacial score (nSPS) is 18.9. The van der Waals surface area contributed by atoms with Gasteiger partial charge in [0.2, 0.25) is 0 Å². The number of hydrogen-bond donors (Lipinski definition) is 0. The highest BCUT2D eigenvalue weighted by atomic mass is 32.2. The van der Waals surface area contributed by atoms with E-state index in [9.17, 15) is 8.42 Å². The molecule has 0 saturated carbocycles. The van der Waals surface area contributed by atoms with Gasteiger partial charge in [-0.25, -0.2) is 13.1 Å². The zero-order valence-corrected chi connectivity index (χ0v) is 20.4. The van der Waals surface area contributed by atoms with Gasteiger partial charge in [-0.1, -0.05) is 58.4 Å². The number of sulfone groups is 1. The molecule has 1 aromatic carbocycles. The molecule has 30 heavy (non-hydrogen) atoms. The molecule has 1 aliphatic rings. The van der Waals surface area contributed by atoms with Gasteiger partial charge < -0.3 is 4.57 Å². The summed E-state index contributed by atoms with van der Waals surface area (Å²) in [6.07, 6.45) is 2.78. The zero-order valence-electron chi connectivity index (χ0n) is 18.8. The smallest absolute Gasteiger partial charge is 0.199 e. The molecule has 0 aliphatic carbocycles. The predicted molar refractivity (Wildman–Crippen MR) is 125 cm³/mol. The SMILES string of the molecule is CCCCN(Cn1nc(-c2ccc(C(C)(C)C)cc2)n(C)c1=S)C1CCS(=O)(=O)C1. The number of benzene rings is 1. The predicted octanol–water partition coefficient (Wildman–Crippen LogP) is 4.16. The van der Waals surface area contributed by atoms with E-state index in [2.05, 4.69) is 56.9 Å². The lowest BCUT2D eigenvalue weighted by molar-refractivity contribution is 0.152. The van der Waals surface area contributed by atoms with E-state index < -0.39 is 9.84 Å². The first kappa shape index (κ1) is 23.2. The fourth-order valence-electron chi connectivity index (χ4n) is 3.92. The molecule has 2 heterocycles. The van der Waals surface area contributed by atoms with Crippen LogP contribution in [0.4, 0.5) is 0 Å². The van der Waals surface area contributed by atoms with E-state index in [0.29, 0.717) is 17.9 Å². The van der Waals surface area contributed by atoms with Crippen LogP contribution < -0.4 is 0 Å². The number of nitrogens with zero attached hydrogens (tertiary/aromatic N) is 4. The van der Waals surface area contributed by atoms with Gasteiger partial charge in [0.05, 0.1) is 18.2 Å². The van der Waals surface area contributed by atoms with Crippen molar-refractivity contribution in [1.29, 1.82) is 0 Å². The molecule has 3 rings (SSSR count). The molecule has 1 saturated heterocycles. The zero-order chi connectivity index (χ0) is 22.1. The molecule has 1 aromatic heterocycles. The topological polar surface area (TPSA) is 60.1 Å². The van der Waals surface area contributed by atoms with E-state index in [4.69, 9.17) is 17.3 Å². The van der Waals surface area contributed by atoms with Crippen LogP contribution in [-0.4, -0.2) is 51.8 Å². The lowest BCUT2D eigenvalue weighted by Crippen LogP contribution is -2.38. The molecule has 0 bridgehead atoms. The first-order chi connectivity index (χ1) is 14.0. The van der Waals surface area contributed by atoms with Crippen LogP contribution in [0.25, 0.3) is 11.4 Å². The van der Waals surface area contributed by atoms with E-state index in [1.54, 1.807) is 0 Å². The molecule has 0 N–H and O–H groups in total. The third kappa shape index (κ3) is 5.21. The maximum atomic E-state index is 12.0. The van der Waals surface area contributed by atoms with Crippen molar-refractivity contribution in [2.75, 3.05) is 18.1 Å². The summed E-state index contributed by atoms with van der Waals surface area (Å²) in [5.41, 5.74) is 2.41. The molecule has 2 aromatic rings. The van der Waals surface area contributed by atoms with Crippen molar-refractivity contribution >= 4 is 22.1 Å². The summed E-state index contributed by atoms with van der Waals surface area (Å²) in [5.74, 6) is 1.34. The fourth-order valence-corrected chi connectivity index (χ4v) is 5.86. The molecule has 0 spiro atoms. The highest BCUT2D eigenvalue weighted by molar-refractivity contribution is 7.91. The van der Waals surface area contributed by atoms with Gasteiger partial charge in [-0.15, -0.1) is 0 Å². The van der Waals surface area contributed by atoms with Gasteiger partial charge in [-0.3, -0.25) is 4.90 Å². The minimum atomic E-state index is -2.93. The summed E-state index contributed by atoms with van der Waals surface area (Å²) in [6, 6.07) is 8.53. The summed E-state index contributed by atoms with van der Waals surface area (Å²) in [5, 5.41) is 4.81. The van der Waals surface area contributed by atoms with Crippen LogP contribution in [0, 0.1) is 4.77 Å². The average Bonchev–Trinajstić information content (AvgIpc) is 3.18. The molecule has 0 amide bonds. The van der Waals surface area contributed by atoms with Crippen LogP contribution in [0.15, 0.2) is 24.3 Å². The third-order valence-corrected chi connectivity index (χ3v) is 8.12. The first-order valence-corrected chi connectivity index (χ1v) is 12.9. The summed E-state index contributed by atoms with van der Waals surface area (Å²) < 4.78 is 28.4. The molecule has 1 fully saturated rings. The Bertz CT molecular complexity index is 1030. The largest absolute Gasteiger partial charge is 0.303 e. The van der Waals surface area contributed by atoms with E-state index in [0.717, 1.165) is 30.8 Å². The van der Waals surface area contributed by atoms with Crippen molar-refractivity contribution < 1.29 is 8.42 Å². The second kappa shape index (κ2) is 8.93. The fraction of sp³-hybridized carbons (Fsp3) is 0.636. The van der Waals surface area contributed by atoms with Crippen LogP contribution in [0.2, 0.25) is 0 Å². The van der Waals surface area contributed by atoms with E-state index >= 15 is 0 Å². The van der Waals surface area contributed by atoms with Gasteiger partial charge in [0.15, 0.2) is 20.4 Å². The second-order valence-corrected chi connectivity index (χ2v) is 12.0. The van der Waals surface area contributed by atoms with Gasteiger partial charge in [0, 0.05) is 25.2 Å². The van der Waals surface area contributed by atoms with E-state index in [1.807, 2.05) is 16.3 Å². The Morgan fingerprint density at radius 3 is 2.43 bits per heavy atom. The quantitative estimate of drug-likeness (QED) is 0.593. The van der Waals surface area contributed by atoms with Crippen molar-refractivity contribution in [1.82, 2.24) is 19.2 Å². The van der Waals surface area contributed by atoms with Gasteiger partial charge in [-0.2, -0.15) is 5.10 Å². The Labute approximate surface area is 185 Å². The molecule has 6 nitrogen and oxygen atoms in total. The Balaban J connectivity index is 1.86. The molecule has 8 heteroatoms. The second-order valence-electron chi connectivity index (χ2n) is 9.36. The van der Waals surface area contributed by atoms with Crippen molar-refractivity contribution in [3.63, 3.8) is 0 Å². The van der Waals surface area contributed by atoms with E-state index in [1.165, 1.54) is 5.56 Å². The maximum Gasteiger partial charge on any atom is 0.199 e. The van der Waals surface area contributed by atoms with Crippen LogP contribution in [0.5, 0.6) is 0 Å². The van der Waals surface area contributed by atoms with E-state index in [-0.39, 0.29) is 23.0 Å². The van der Waals surface area contributed by atoms with Crippen LogP contribution in [0.3, 0.4) is 0 Å². The van der Waals surface area contributed by atoms with Crippen molar-refractivity contribution in [2.45, 2.75) is 65.1 Å². The lowest BCUT2D eigenvalue weighted by Gasteiger charge is -2.27. The highest BCUT2D eigenvalue weighted by Gasteiger charge is 2.32. The number of hydrogen-bond acceptors (Lipinski definition) is 5. The first-order valence-electron chi connectivity index (χ1n) is 10.7. The molecule has 1 atom stereocenters. The number of aromatic nitrogens is 3. The molecule has 1 aliphatic heterocycles. The van der Waals surface area contributed by atoms with Crippen LogP contribution >= 0.6 is 12.2 Å². The number of rotatable bonds is 7. The molecular weight excluding hydrogens is 416 g/mol. The van der Waals surface area contributed by atoms with Gasteiger partial charge in [0.1, 0.15) is 0 Å². The molecular formula is C22H34N4O2S2. The van der Waals surface area contributed by atoms with Crippen LogP contribution in [0.1, 0.15) is 52.5 Å². The van der Waals surface area contributed by atoms with Gasteiger partial charge in [-0.05, 0) is 36.0 Å². The minimum Gasteiger partial charge on any atom is -0.303 e. The van der Waals surface area contributed by atoms with Crippen molar-refractivity contribution in [3.05, 3.63) is 34.6 Å². The average molecular weight is 451 g/mol. The maximum absolute atomic E-state index is 12.0. The summed E-state index contributed by atoms with van der Waals surface area (Å²) in [6.45, 7) is 10.1. The number of unbranched alkanes of at least 4 members (excludes halogenated alkanes) is 1. The summed E-state index contributed by atoms with van der Waals surface area (Å²) >= 11 is 5.67. The molecule has 166 valence electrons. The Morgan fingerprint density at radius 1 is 1.23 bits per heavy atom. The van der Waals surface area contributed by atoms with Crippen molar-refractivity contribution in [2.24, 2.45) is 7.05 Å². The van der Waals surface area contributed by atoms with Gasteiger partial charge >= 0.3 is 0 Å². The van der Waals surface area contributed by atoms with Crippen LogP contribution in [-0.2, 0) is 29.0 Å². The van der Waals surface area contributed by atoms with Crippen molar-refractivity contribution in [3.8, 4) is 11.4 Å². The molecule has 1 unspecified atom stereocenters. The third-order valence-electron chi connectivity index (χ3n) is 5.89. The summed E-state index contributed by atoms with van der Waals surface area (Å²) in [4.78, 5) is 2.24. The Hall–Kier alpha value is -1.51. The summed E-state index contributed by atoms with van der Waals surface area (Å²) in [7, 11) is -0.993. The standard InChI is InChI=1S/C22H34N4O2S2/c1-6-7-13-25(19-12-14-30(27,28)15-19)16-26-21(29)24(5)20(23-26)17-8-10-18(11-9-17)22(2,3)4/h8-11,19H,6-7,12-16H2,1-5H3. The Kier molecular flexibility index (Phi) is 6.89. The van der Waals surface area contributed by atoms with Gasteiger partial charge in [0.25, 0.3) is 0 Å². The minimum absolute atomic E-state index is 0.0416. The monoisotopic (exact) mass is 450 g/mol. The Morgan fingerprint density at radius 2 is 1.90 bits per heavy atom. The lowest BCUT2D eigenvalue weighted by atomic mass is 9.87. The highest BCUT2D eigenvalue weighted by Crippen LogP contribution is 2.26. The molecule has 0 radical (unpaired) electrons.